The maximum absolute atomic E-state index is 12.9. The molecule has 0 saturated carbocycles. The van der Waals surface area contributed by atoms with Gasteiger partial charge in [-0.1, -0.05) is 51.1 Å². The van der Waals surface area contributed by atoms with Crippen molar-refractivity contribution in [2.75, 3.05) is 6.54 Å². The van der Waals surface area contributed by atoms with Crippen LogP contribution in [-0.2, 0) is 16.0 Å². The first-order valence-electron chi connectivity index (χ1n) is 10.0. The van der Waals surface area contributed by atoms with Gasteiger partial charge >= 0.3 is 5.97 Å². The summed E-state index contributed by atoms with van der Waals surface area (Å²) in [6.45, 7) is 6.01. The van der Waals surface area contributed by atoms with E-state index < -0.39 is 29.4 Å². The van der Waals surface area contributed by atoms with Crippen molar-refractivity contribution in [2.45, 2.75) is 71.4 Å². The monoisotopic (exact) mass is 375 g/mol. The summed E-state index contributed by atoms with van der Waals surface area (Å²) in [5.74, 6) is -1.47. The molecule has 0 aromatic heterocycles. The van der Waals surface area contributed by atoms with Crippen LogP contribution >= 0.6 is 0 Å². The van der Waals surface area contributed by atoms with E-state index in [1.165, 1.54) is 10.5 Å². The van der Waals surface area contributed by atoms with Gasteiger partial charge in [-0.3, -0.25) is 4.79 Å². The molecule has 1 saturated heterocycles. The first kappa shape index (κ1) is 21.4. The summed E-state index contributed by atoms with van der Waals surface area (Å²) in [7, 11) is 0. The molecule has 0 aliphatic carbocycles. The number of carbonyl (C=O) groups excluding carboxylic acids is 1. The van der Waals surface area contributed by atoms with Gasteiger partial charge in [0, 0.05) is 6.54 Å². The molecule has 1 aliphatic heterocycles. The van der Waals surface area contributed by atoms with Gasteiger partial charge in [0.25, 0.3) is 5.91 Å². The molecule has 3 unspecified atom stereocenters. The van der Waals surface area contributed by atoms with Gasteiger partial charge in [0.05, 0.1) is 0 Å². The van der Waals surface area contributed by atoms with Crippen LogP contribution in [0.5, 0.6) is 0 Å². The lowest BCUT2D eigenvalue weighted by Gasteiger charge is -2.42. The summed E-state index contributed by atoms with van der Waals surface area (Å²) in [4.78, 5) is 26.3. The lowest BCUT2D eigenvalue weighted by Crippen LogP contribution is -2.57. The largest absolute Gasteiger partial charge is 0.480 e. The number of benzene rings is 1. The molecule has 1 heterocycles. The molecular formula is C22H33NO4. The lowest BCUT2D eigenvalue weighted by molar-refractivity contribution is -0.163. The standard InChI is InChI=1S/C22H33NO4/c1-4-22(2,3)19(24)20(25)23-15-9-14-17(18(23)21(26)27)13-8-12-16-10-6-5-7-11-16/h5-7,10-11,17-19,24H,4,8-9,12-15H2,1-3H3,(H,26,27). The predicted octanol–water partition coefficient (Wildman–Crippen LogP) is 3.50. The first-order valence-corrected chi connectivity index (χ1v) is 10.0. The number of aliphatic carboxylic acids is 1. The highest BCUT2D eigenvalue weighted by Crippen LogP contribution is 2.32. The molecule has 2 N–H and O–H groups in total. The van der Waals surface area contributed by atoms with E-state index in [-0.39, 0.29) is 5.92 Å². The Bertz CT molecular complexity index is 628. The number of carboxylic acids is 1. The van der Waals surface area contributed by atoms with Gasteiger partial charge in [0.15, 0.2) is 0 Å². The van der Waals surface area contributed by atoms with E-state index in [1.54, 1.807) is 0 Å². The average Bonchev–Trinajstić information content (AvgIpc) is 2.67. The number of hydrogen-bond acceptors (Lipinski definition) is 3. The fourth-order valence-electron chi connectivity index (χ4n) is 3.86. The maximum Gasteiger partial charge on any atom is 0.326 e. The smallest absolute Gasteiger partial charge is 0.326 e. The molecule has 1 aromatic carbocycles. The van der Waals surface area contributed by atoms with E-state index in [0.29, 0.717) is 13.0 Å². The van der Waals surface area contributed by atoms with Crippen LogP contribution in [0.15, 0.2) is 30.3 Å². The third-order valence-corrected chi connectivity index (χ3v) is 6.06. The Labute approximate surface area is 162 Å². The zero-order valence-corrected chi connectivity index (χ0v) is 16.7. The molecule has 27 heavy (non-hydrogen) atoms. The molecule has 1 aliphatic rings. The van der Waals surface area contributed by atoms with Crippen molar-refractivity contribution in [1.82, 2.24) is 4.90 Å². The minimum absolute atomic E-state index is 0.0687. The summed E-state index contributed by atoms with van der Waals surface area (Å²) in [5, 5.41) is 20.3. The van der Waals surface area contributed by atoms with Gasteiger partial charge in [-0.05, 0) is 55.4 Å². The number of likely N-dealkylation sites (tertiary alicyclic amines) is 1. The van der Waals surface area contributed by atoms with Crippen molar-refractivity contribution in [3.05, 3.63) is 35.9 Å². The molecule has 1 amide bonds. The Hall–Kier alpha value is -1.88. The molecule has 1 fully saturated rings. The fourth-order valence-corrected chi connectivity index (χ4v) is 3.86. The maximum atomic E-state index is 12.9. The van der Waals surface area contributed by atoms with Crippen LogP contribution < -0.4 is 0 Å². The van der Waals surface area contributed by atoms with E-state index in [0.717, 1.165) is 32.1 Å². The molecule has 150 valence electrons. The van der Waals surface area contributed by atoms with Crippen LogP contribution in [0.3, 0.4) is 0 Å². The second-order valence-corrected chi connectivity index (χ2v) is 8.34. The minimum atomic E-state index is -1.17. The molecule has 5 heteroatoms. The van der Waals surface area contributed by atoms with E-state index in [4.69, 9.17) is 0 Å². The van der Waals surface area contributed by atoms with Crippen molar-refractivity contribution in [1.29, 1.82) is 0 Å². The summed E-state index contributed by atoms with van der Waals surface area (Å²) in [6, 6.07) is 9.31. The minimum Gasteiger partial charge on any atom is -0.480 e. The second-order valence-electron chi connectivity index (χ2n) is 8.34. The second kappa shape index (κ2) is 9.36. The van der Waals surface area contributed by atoms with Gasteiger partial charge < -0.3 is 15.1 Å². The normalized spacial score (nSPS) is 21.7. The number of aliphatic hydroxyl groups is 1. The first-order chi connectivity index (χ1) is 12.8. The average molecular weight is 376 g/mol. The number of carbonyl (C=O) groups is 2. The van der Waals surface area contributed by atoms with E-state index in [1.807, 2.05) is 39.0 Å². The molecule has 0 radical (unpaired) electrons. The highest BCUT2D eigenvalue weighted by molar-refractivity contribution is 5.87. The zero-order valence-electron chi connectivity index (χ0n) is 16.7. The molecule has 5 nitrogen and oxygen atoms in total. The Balaban J connectivity index is 2.06. The van der Waals surface area contributed by atoms with Gasteiger partial charge in [0.2, 0.25) is 0 Å². The molecule has 1 aromatic rings. The molecular weight excluding hydrogens is 342 g/mol. The van der Waals surface area contributed by atoms with E-state index >= 15 is 0 Å². The van der Waals surface area contributed by atoms with Crippen molar-refractivity contribution in [2.24, 2.45) is 11.3 Å². The van der Waals surface area contributed by atoms with Gasteiger partial charge in [-0.2, -0.15) is 0 Å². The number of carboxylic acid groups (broad SMARTS) is 1. The van der Waals surface area contributed by atoms with Crippen LogP contribution in [0.1, 0.15) is 58.4 Å². The summed E-state index contributed by atoms with van der Waals surface area (Å²) >= 11 is 0. The zero-order chi connectivity index (χ0) is 20.0. The van der Waals surface area contributed by atoms with Crippen LogP contribution in [0, 0.1) is 11.3 Å². The van der Waals surface area contributed by atoms with Crippen molar-refractivity contribution in [3.8, 4) is 0 Å². The third kappa shape index (κ3) is 5.32. The number of aliphatic hydroxyl groups excluding tert-OH is 1. The fraction of sp³-hybridized carbons (Fsp3) is 0.636. The van der Waals surface area contributed by atoms with Crippen LogP contribution in [0.25, 0.3) is 0 Å². The van der Waals surface area contributed by atoms with Crippen molar-refractivity contribution >= 4 is 11.9 Å². The number of nitrogens with zero attached hydrogens (tertiary/aromatic N) is 1. The van der Waals surface area contributed by atoms with Gasteiger partial charge in [0.1, 0.15) is 12.1 Å². The Morgan fingerprint density at radius 2 is 1.93 bits per heavy atom. The van der Waals surface area contributed by atoms with Crippen LogP contribution in [-0.4, -0.2) is 45.7 Å². The van der Waals surface area contributed by atoms with Crippen LogP contribution in [0.4, 0.5) is 0 Å². The third-order valence-electron chi connectivity index (χ3n) is 6.06. The molecule has 3 atom stereocenters. The highest BCUT2D eigenvalue weighted by Gasteiger charge is 2.43. The number of rotatable bonds is 8. The summed E-state index contributed by atoms with van der Waals surface area (Å²) < 4.78 is 0. The van der Waals surface area contributed by atoms with E-state index in [9.17, 15) is 19.8 Å². The summed E-state index contributed by atoms with van der Waals surface area (Å²) in [5.41, 5.74) is 0.675. The predicted molar refractivity (Wildman–Crippen MR) is 105 cm³/mol. The SMILES string of the molecule is CCC(C)(C)C(O)C(=O)N1CCCC(CCCc2ccccc2)C1C(=O)O. The molecule has 2 rings (SSSR count). The number of aryl methyl sites for hydroxylation is 1. The van der Waals surface area contributed by atoms with Gasteiger partial charge in [-0.15, -0.1) is 0 Å². The number of piperidine rings is 1. The Morgan fingerprint density at radius 1 is 1.26 bits per heavy atom. The van der Waals surface area contributed by atoms with E-state index in [2.05, 4.69) is 12.1 Å². The highest BCUT2D eigenvalue weighted by atomic mass is 16.4. The summed E-state index contributed by atoms with van der Waals surface area (Å²) in [6.07, 6.45) is 3.63. The van der Waals surface area contributed by atoms with Gasteiger partial charge in [-0.25, -0.2) is 4.79 Å². The van der Waals surface area contributed by atoms with Crippen molar-refractivity contribution < 1.29 is 19.8 Å². The van der Waals surface area contributed by atoms with Crippen molar-refractivity contribution in [3.63, 3.8) is 0 Å². The number of hydrogen-bond donors (Lipinski definition) is 2. The van der Waals surface area contributed by atoms with Crippen LogP contribution in [0.2, 0.25) is 0 Å². The Kier molecular flexibility index (Phi) is 7.42. The molecule has 0 spiro atoms. The number of amides is 1. The quantitative estimate of drug-likeness (QED) is 0.729. The topological polar surface area (TPSA) is 77.8 Å². The lowest BCUT2D eigenvalue weighted by atomic mass is 9.80. The molecule has 0 bridgehead atoms. The Morgan fingerprint density at radius 3 is 2.52 bits per heavy atom.